The Kier molecular flexibility index (Phi) is 3.35. The quantitative estimate of drug-likeness (QED) is 0.714. The van der Waals surface area contributed by atoms with Gasteiger partial charge >= 0.3 is 0 Å². The topological polar surface area (TPSA) is 46.2 Å². The van der Waals surface area contributed by atoms with E-state index in [2.05, 4.69) is 11.6 Å². The molecule has 0 heterocycles. The number of nitrogens with one attached hydrogen (secondary N) is 1. The van der Waals surface area contributed by atoms with Gasteiger partial charge in [-0.15, -0.1) is 0 Å². The zero-order chi connectivity index (χ0) is 9.95. The van der Waals surface area contributed by atoms with Gasteiger partial charge in [0.05, 0.1) is 5.75 Å². The van der Waals surface area contributed by atoms with E-state index in [1.165, 1.54) is 12.8 Å². The summed E-state index contributed by atoms with van der Waals surface area (Å²) in [4.78, 5) is 0. The van der Waals surface area contributed by atoms with Crippen molar-refractivity contribution in [2.75, 3.05) is 12.3 Å². The van der Waals surface area contributed by atoms with Crippen LogP contribution < -0.4 is 4.72 Å². The van der Waals surface area contributed by atoms with Crippen molar-refractivity contribution in [3.8, 4) is 0 Å². The molecule has 13 heavy (non-hydrogen) atoms. The van der Waals surface area contributed by atoms with Crippen molar-refractivity contribution in [3.63, 3.8) is 0 Å². The van der Waals surface area contributed by atoms with Crippen LogP contribution in [0.1, 0.15) is 39.5 Å². The first kappa shape index (κ1) is 11.0. The van der Waals surface area contributed by atoms with Gasteiger partial charge in [-0.1, -0.05) is 13.3 Å². The zero-order valence-corrected chi connectivity index (χ0v) is 9.28. The molecular weight excluding hydrogens is 186 g/mol. The minimum absolute atomic E-state index is 0.190. The predicted octanol–water partition coefficient (Wildman–Crippen LogP) is 1.51. The predicted molar refractivity (Wildman–Crippen MR) is 54.0 cm³/mol. The van der Waals surface area contributed by atoms with Crippen LogP contribution in [0.2, 0.25) is 0 Å². The Morgan fingerprint density at radius 2 is 1.92 bits per heavy atom. The molecule has 0 bridgehead atoms. The number of rotatable bonds is 6. The Morgan fingerprint density at radius 1 is 1.31 bits per heavy atom. The monoisotopic (exact) mass is 205 g/mol. The van der Waals surface area contributed by atoms with E-state index in [-0.39, 0.29) is 5.75 Å². The van der Waals surface area contributed by atoms with Gasteiger partial charge in [0, 0.05) is 6.54 Å². The summed E-state index contributed by atoms with van der Waals surface area (Å²) in [6, 6.07) is 0. The average molecular weight is 205 g/mol. The second kappa shape index (κ2) is 3.96. The third-order valence-electron chi connectivity index (χ3n) is 2.78. The van der Waals surface area contributed by atoms with Gasteiger partial charge in [-0.2, -0.15) is 0 Å². The SMILES string of the molecule is CCCC1(CNS(=O)(=O)CC)CC1. The Balaban J connectivity index is 2.34. The lowest BCUT2D eigenvalue weighted by Gasteiger charge is -2.14. The lowest BCUT2D eigenvalue weighted by Crippen LogP contribution is -2.31. The highest BCUT2D eigenvalue weighted by Gasteiger charge is 2.41. The fourth-order valence-corrected chi connectivity index (χ4v) is 2.32. The molecule has 1 N–H and O–H groups in total. The molecule has 4 heteroatoms. The van der Waals surface area contributed by atoms with Gasteiger partial charge in [-0.05, 0) is 31.6 Å². The molecule has 0 spiro atoms. The Bertz CT molecular complexity index is 255. The maximum absolute atomic E-state index is 11.2. The normalized spacial score (nSPS) is 20.2. The van der Waals surface area contributed by atoms with Gasteiger partial charge in [0.15, 0.2) is 0 Å². The Hall–Kier alpha value is -0.0900. The fourth-order valence-electron chi connectivity index (χ4n) is 1.59. The van der Waals surface area contributed by atoms with Crippen molar-refractivity contribution < 1.29 is 8.42 Å². The first-order valence-corrected chi connectivity index (χ1v) is 6.66. The average Bonchev–Trinajstić information content (AvgIpc) is 2.84. The van der Waals surface area contributed by atoms with E-state index >= 15 is 0 Å². The summed E-state index contributed by atoms with van der Waals surface area (Å²) in [5.74, 6) is 0.190. The van der Waals surface area contributed by atoms with Gasteiger partial charge in [0.2, 0.25) is 10.0 Å². The molecular formula is C9H19NO2S. The van der Waals surface area contributed by atoms with Crippen molar-refractivity contribution in [3.05, 3.63) is 0 Å². The highest BCUT2D eigenvalue weighted by atomic mass is 32.2. The van der Waals surface area contributed by atoms with E-state index in [0.717, 1.165) is 12.8 Å². The van der Waals surface area contributed by atoms with Crippen LogP contribution >= 0.6 is 0 Å². The minimum Gasteiger partial charge on any atom is -0.215 e. The molecule has 0 amide bonds. The van der Waals surface area contributed by atoms with Crippen LogP contribution in [0.4, 0.5) is 0 Å². The third-order valence-corrected chi connectivity index (χ3v) is 4.13. The molecule has 0 aromatic carbocycles. The van der Waals surface area contributed by atoms with Gasteiger partial charge in [0.25, 0.3) is 0 Å². The van der Waals surface area contributed by atoms with E-state index < -0.39 is 10.0 Å². The van der Waals surface area contributed by atoms with Crippen LogP contribution in [0.3, 0.4) is 0 Å². The molecule has 3 nitrogen and oxygen atoms in total. The molecule has 1 aliphatic rings. The first-order chi connectivity index (χ1) is 6.04. The summed E-state index contributed by atoms with van der Waals surface area (Å²) in [5, 5.41) is 0. The maximum atomic E-state index is 11.2. The molecule has 0 radical (unpaired) electrons. The molecule has 0 aromatic heterocycles. The van der Waals surface area contributed by atoms with Crippen LogP contribution in [0.15, 0.2) is 0 Å². The van der Waals surface area contributed by atoms with Crippen LogP contribution in [-0.4, -0.2) is 20.7 Å². The largest absolute Gasteiger partial charge is 0.215 e. The highest BCUT2D eigenvalue weighted by molar-refractivity contribution is 7.89. The summed E-state index contributed by atoms with van der Waals surface area (Å²) in [6.07, 6.45) is 4.67. The van der Waals surface area contributed by atoms with E-state index in [4.69, 9.17) is 0 Å². The van der Waals surface area contributed by atoms with E-state index in [0.29, 0.717) is 12.0 Å². The molecule has 0 unspecified atom stereocenters. The molecule has 0 saturated heterocycles. The van der Waals surface area contributed by atoms with Crippen LogP contribution in [0, 0.1) is 5.41 Å². The van der Waals surface area contributed by atoms with Crippen molar-refractivity contribution in [1.82, 2.24) is 4.72 Å². The van der Waals surface area contributed by atoms with E-state index in [9.17, 15) is 8.42 Å². The molecule has 0 aromatic rings. The maximum Gasteiger partial charge on any atom is 0.211 e. The Labute approximate surface area is 81.0 Å². The zero-order valence-electron chi connectivity index (χ0n) is 8.47. The molecule has 1 fully saturated rings. The number of hydrogen-bond acceptors (Lipinski definition) is 2. The highest BCUT2D eigenvalue weighted by Crippen LogP contribution is 2.48. The van der Waals surface area contributed by atoms with E-state index in [1.54, 1.807) is 6.92 Å². The summed E-state index contributed by atoms with van der Waals surface area (Å²) >= 11 is 0. The number of hydrogen-bond donors (Lipinski definition) is 1. The summed E-state index contributed by atoms with van der Waals surface area (Å²) < 4.78 is 25.0. The molecule has 0 aliphatic heterocycles. The lowest BCUT2D eigenvalue weighted by atomic mass is 10.0. The Morgan fingerprint density at radius 3 is 2.31 bits per heavy atom. The fraction of sp³-hybridized carbons (Fsp3) is 1.00. The summed E-state index contributed by atoms with van der Waals surface area (Å²) in [7, 11) is -2.98. The molecule has 1 rings (SSSR count). The smallest absolute Gasteiger partial charge is 0.211 e. The van der Waals surface area contributed by atoms with Gasteiger partial charge in [-0.25, -0.2) is 13.1 Å². The van der Waals surface area contributed by atoms with Gasteiger partial charge in [0.1, 0.15) is 0 Å². The second-order valence-electron chi connectivity index (χ2n) is 3.97. The standard InChI is InChI=1S/C9H19NO2S/c1-3-5-9(6-7-9)8-10-13(11,12)4-2/h10H,3-8H2,1-2H3. The van der Waals surface area contributed by atoms with E-state index in [1.807, 2.05) is 0 Å². The van der Waals surface area contributed by atoms with Crippen molar-refractivity contribution in [1.29, 1.82) is 0 Å². The third kappa shape index (κ3) is 3.27. The lowest BCUT2D eigenvalue weighted by molar-refractivity contribution is 0.449. The van der Waals surface area contributed by atoms with Gasteiger partial charge in [-0.3, -0.25) is 0 Å². The van der Waals surface area contributed by atoms with Crippen molar-refractivity contribution in [2.24, 2.45) is 5.41 Å². The molecule has 0 atom stereocenters. The summed E-state index contributed by atoms with van der Waals surface area (Å²) in [6.45, 7) is 4.47. The van der Waals surface area contributed by atoms with Crippen molar-refractivity contribution >= 4 is 10.0 Å². The van der Waals surface area contributed by atoms with Crippen LogP contribution in [-0.2, 0) is 10.0 Å². The minimum atomic E-state index is -2.98. The molecule has 1 aliphatic carbocycles. The second-order valence-corrected chi connectivity index (χ2v) is 6.07. The number of sulfonamides is 1. The first-order valence-electron chi connectivity index (χ1n) is 5.01. The van der Waals surface area contributed by atoms with Crippen LogP contribution in [0.25, 0.3) is 0 Å². The van der Waals surface area contributed by atoms with Crippen LogP contribution in [0.5, 0.6) is 0 Å². The summed E-state index contributed by atoms with van der Waals surface area (Å²) in [5.41, 5.74) is 0.316. The molecule has 1 saturated carbocycles. The molecule has 78 valence electrons. The van der Waals surface area contributed by atoms with Crippen molar-refractivity contribution in [2.45, 2.75) is 39.5 Å². The van der Waals surface area contributed by atoms with Gasteiger partial charge < -0.3 is 0 Å².